The highest BCUT2D eigenvalue weighted by molar-refractivity contribution is 9.10. The standard InChI is InChI=1S/C25H24BrFN2O/c26-18-1-4-20(5-2-18)29-24(30)17-14-25(15-17)10-7-16(8-11-25)21-9-12-28-23-6-3-19(27)13-22(21)23/h1-6,9,12-13,16-17H,7-8,10-11,14-15H2,(H,29,30). The highest BCUT2D eigenvalue weighted by Crippen LogP contribution is 2.57. The number of halogens is 2. The maximum absolute atomic E-state index is 13.8. The molecular formula is C25H24BrFN2O. The number of nitrogens with one attached hydrogen (secondary N) is 1. The molecule has 5 rings (SSSR count). The van der Waals surface area contributed by atoms with Gasteiger partial charge in [-0.3, -0.25) is 9.78 Å². The zero-order valence-electron chi connectivity index (χ0n) is 16.7. The first-order valence-corrected chi connectivity index (χ1v) is 11.4. The van der Waals surface area contributed by atoms with Crippen LogP contribution in [0.4, 0.5) is 10.1 Å². The molecule has 0 bridgehead atoms. The van der Waals surface area contributed by atoms with E-state index in [0.29, 0.717) is 11.3 Å². The van der Waals surface area contributed by atoms with Crippen LogP contribution in [0.2, 0.25) is 0 Å². The van der Waals surface area contributed by atoms with Gasteiger partial charge in [-0.15, -0.1) is 0 Å². The van der Waals surface area contributed by atoms with Gasteiger partial charge in [-0.05, 0) is 104 Å². The molecule has 1 spiro atoms. The van der Waals surface area contributed by atoms with Crippen LogP contribution in [-0.2, 0) is 4.79 Å². The summed E-state index contributed by atoms with van der Waals surface area (Å²) < 4.78 is 14.8. The van der Waals surface area contributed by atoms with E-state index >= 15 is 0 Å². The SMILES string of the molecule is O=C(Nc1ccc(Br)cc1)C1CC2(CCC(c3ccnc4ccc(F)cc34)CC2)C1. The number of anilines is 1. The number of carbonyl (C=O) groups excluding carboxylic acids is 1. The van der Waals surface area contributed by atoms with Gasteiger partial charge in [0.1, 0.15) is 5.82 Å². The topological polar surface area (TPSA) is 42.0 Å². The molecule has 2 fully saturated rings. The van der Waals surface area contributed by atoms with Crippen molar-refractivity contribution in [2.45, 2.75) is 44.4 Å². The summed E-state index contributed by atoms with van der Waals surface area (Å²) in [5.41, 5.74) is 3.25. The molecule has 0 aliphatic heterocycles. The molecule has 154 valence electrons. The molecule has 3 nitrogen and oxygen atoms in total. The first-order valence-electron chi connectivity index (χ1n) is 10.6. The highest BCUT2D eigenvalue weighted by Gasteiger charge is 2.48. The molecule has 3 aromatic rings. The van der Waals surface area contributed by atoms with E-state index in [9.17, 15) is 9.18 Å². The second kappa shape index (κ2) is 7.77. The van der Waals surface area contributed by atoms with Gasteiger partial charge in [0.2, 0.25) is 5.91 Å². The van der Waals surface area contributed by atoms with Crippen LogP contribution in [0.15, 0.2) is 59.2 Å². The van der Waals surface area contributed by atoms with Crippen LogP contribution in [0, 0.1) is 17.2 Å². The van der Waals surface area contributed by atoms with Crippen LogP contribution >= 0.6 is 15.9 Å². The van der Waals surface area contributed by atoms with Crippen molar-refractivity contribution in [1.82, 2.24) is 4.98 Å². The van der Waals surface area contributed by atoms with E-state index in [4.69, 9.17) is 0 Å². The number of pyridine rings is 1. The number of fused-ring (bicyclic) bond motifs is 1. The summed E-state index contributed by atoms with van der Waals surface area (Å²) in [6.45, 7) is 0. The van der Waals surface area contributed by atoms with E-state index in [1.54, 1.807) is 12.1 Å². The Morgan fingerprint density at radius 2 is 1.80 bits per heavy atom. The normalized spacial score (nSPS) is 25.8. The first kappa shape index (κ1) is 19.7. The lowest BCUT2D eigenvalue weighted by Gasteiger charge is -2.51. The highest BCUT2D eigenvalue weighted by atomic mass is 79.9. The van der Waals surface area contributed by atoms with Gasteiger partial charge in [0.15, 0.2) is 0 Å². The van der Waals surface area contributed by atoms with Crippen molar-refractivity contribution in [1.29, 1.82) is 0 Å². The van der Waals surface area contributed by atoms with Gasteiger partial charge in [0.25, 0.3) is 0 Å². The zero-order chi connectivity index (χ0) is 20.7. The summed E-state index contributed by atoms with van der Waals surface area (Å²) in [5.74, 6) is 0.489. The number of amides is 1. The van der Waals surface area contributed by atoms with Gasteiger partial charge < -0.3 is 5.32 Å². The van der Waals surface area contributed by atoms with Crippen molar-refractivity contribution < 1.29 is 9.18 Å². The predicted molar refractivity (Wildman–Crippen MR) is 121 cm³/mol. The summed E-state index contributed by atoms with van der Waals surface area (Å²) in [5, 5.41) is 3.99. The molecule has 2 aromatic carbocycles. The number of rotatable bonds is 3. The molecule has 0 atom stereocenters. The van der Waals surface area contributed by atoms with E-state index in [1.807, 2.05) is 30.5 Å². The lowest BCUT2D eigenvalue weighted by atomic mass is 9.54. The monoisotopic (exact) mass is 466 g/mol. The zero-order valence-corrected chi connectivity index (χ0v) is 18.3. The predicted octanol–water partition coefficient (Wildman–Crippen LogP) is 6.83. The van der Waals surface area contributed by atoms with Gasteiger partial charge in [-0.1, -0.05) is 15.9 Å². The number of hydrogen-bond acceptors (Lipinski definition) is 2. The Kier molecular flexibility index (Phi) is 5.10. The van der Waals surface area contributed by atoms with Crippen LogP contribution in [0.25, 0.3) is 10.9 Å². The summed E-state index contributed by atoms with van der Waals surface area (Å²) in [7, 11) is 0. The fraction of sp³-hybridized carbons (Fsp3) is 0.360. The minimum Gasteiger partial charge on any atom is -0.326 e. The molecule has 0 unspecified atom stereocenters. The molecule has 1 aromatic heterocycles. The second-order valence-electron chi connectivity index (χ2n) is 8.94. The van der Waals surface area contributed by atoms with E-state index < -0.39 is 0 Å². The van der Waals surface area contributed by atoms with E-state index in [2.05, 4.69) is 32.3 Å². The molecule has 1 heterocycles. The van der Waals surface area contributed by atoms with Crippen molar-refractivity contribution in [2.75, 3.05) is 5.32 Å². The molecule has 0 radical (unpaired) electrons. The minimum absolute atomic E-state index is 0.112. The van der Waals surface area contributed by atoms with Crippen molar-refractivity contribution in [3.8, 4) is 0 Å². The van der Waals surface area contributed by atoms with Gasteiger partial charge in [-0.25, -0.2) is 4.39 Å². The molecule has 2 aliphatic rings. The van der Waals surface area contributed by atoms with Gasteiger partial charge in [0.05, 0.1) is 5.52 Å². The van der Waals surface area contributed by atoms with Crippen LogP contribution in [0.5, 0.6) is 0 Å². The average Bonchev–Trinajstić information content (AvgIpc) is 2.73. The third-order valence-corrected chi connectivity index (χ3v) is 7.59. The quantitative estimate of drug-likeness (QED) is 0.459. The molecule has 0 saturated heterocycles. The van der Waals surface area contributed by atoms with Crippen LogP contribution in [0.1, 0.15) is 50.0 Å². The van der Waals surface area contributed by atoms with Crippen LogP contribution in [0.3, 0.4) is 0 Å². The molecule has 5 heteroatoms. The summed E-state index contributed by atoms with van der Waals surface area (Å²) in [6.07, 6.45) is 8.26. The average molecular weight is 467 g/mol. The van der Waals surface area contributed by atoms with Crippen molar-refractivity contribution in [2.24, 2.45) is 11.3 Å². The van der Waals surface area contributed by atoms with Crippen molar-refractivity contribution in [3.05, 3.63) is 70.6 Å². The van der Waals surface area contributed by atoms with Crippen molar-refractivity contribution in [3.63, 3.8) is 0 Å². The molecule has 1 N–H and O–H groups in total. The summed E-state index contributed by atoms with van der Waals surface area (Å²) in [4.78, 5) is 17.0. The number of benzene rings is 2. The number of nitrogens with zero attached hydrogens (tertiary/aromatic N) is 1. The Morgan fingerprint density at radius 1 is 1.07 bits per heavy atom. The second-order valence-corrected chi connectivity index (χ2v) is 9.85. The Morgan fingerprint density at radius 3 is 2.53 bits per heavy atom. The number of carbonyl (C=O) groups is 1. The summed E-state index contributed by atoms with van der Waals surface area (Å²) >= 11 is 3.42. The Hall–Kier alpha value is -2.27. The lowest BCUT2D eigenvalue weighted by Crippen LogP contribution is -2.45. The molecule has 2 aliphatic carbocycles. The van der Waals surface area contributed by atoms with Gasteiger partial charge in [-0.2, -0.15) is 0 Å². The van der Waals surface area contributed by atoms with E-state index in [-0.39, 0.29) is 17.6 Å². The Labute approximate surface area is 184 Å². The molecular weight excluding hydrogens is 443 g/mol. The number of aromatic nitrogens is 1. The third-order valence-electron chi connectivity index (χ3n) is 7.06. The van der Waals surface area contributed by atoms with Crippen molar-refractivity contribution >= 4 is 38.4 Å². The largest absolute Gasteiger partial charge is 0.326 e. The van der Waals surface area contributed by atoms with E-state index in [1.165, 1.54) is 11.6 Å². The fourth-order valence-corrected chi connectivity index (χ4v) is 5.66. The third kappa shape index (κ3) is 3.76. The minimum atomic E-state index is -0.206. The maximum atomic E-state index is 13.8. The Balaban J connectivity index is 1.21. The van der Waals surface area contributed by atoms with Crippen LogP contribution in [-0.4, -0.2) is 10.9 Å². The lowest BCUT2D eigenvalue weighted by molar-refractivity contribution is -0.128. The summed E-state index contributed by atoms with van der Waals surface area (Å²) in [6, 6.07) is 14.6. The smallest absolute Gasteiger partial charge is 0.227 e. The van der Waals surface area contributed by atoms with Gasteiger partial charge in [0, 0.05) is 27.7 Å². The number of hydrogen-bond donors (Lipinski definition) is 1. The fourth-order valence-electron chi connectivity index (χ4n) is 5.39. The van der Waals surface area contributed by atoms with Gasteiger partial charge >= 0.3 is 0 Å². The molecule has 2 saturated carbocycles. The van der Waals surface area contributed by atoms with E-state index in [0.717, 1.165) is 59.6 Å². The molecule has 30 heavy (non-hydrogen) atoms. The first-order chi connectivity index (χ1) is 14.5. The molecule has 1 amide bonds. The Bertz CT molecular complexity index is 1080. The maximum Gasteiger partial charge on any atom is 0.227 e. The van der Waals surface area contributed by atoms with Crippen LogP contribution < -0.4 is 5.32 Å².